The predicted molar refractivity (Wildman–Crippen MR) is 115 cm³/mol. The van der Waals surface area contributed by atoms with Gasteiger partial charge >= 0.3 is 0 Å². The van der Waals surface area contributed by atoms with Gasteiger partial charge in [-0.25, -0.2) is 8.42 Å². The van der Waals surface area contributed by atoms with E-state index in [0.29, 0.717) is 56.1 Å². The van der Waals surface area contributed by atoms with Crippen LogP contribution in [0.25, 0.3) is 0 Å². The van der Waals surface area contributed by atoms with Crippen LogP contribution in [0.3, 0.4) is 0 Å². The smallest absolute Gasteiger partial charge is 0.252 e. The summed E-state index contributed by atoms with van der Waals surface area (Å²) >= 11 is 1.21. The van der Waals surface area contributed by atoms with Crippen LogP contribution in [0.2, 0.25) is 0 Å². The van der Waals surface area contributed by atoms with E-state index in [-0.39, 0.29) is 18.2 Å². The molecule has 10 heteroatoms. The number of sulfonamides is 1. The van der Waals surface area contributed by atoms with Crippen LogP contribution in [0.5, 0.6) is 0 Å². The summed E-state index contributed by atoms with van der Waals surface area (Å²) in [7, 11) is -3.44. The van der Waals surface area contributed by atoms with Crippen molar-refractivity contribution in [1.29, 1.82) is 0 Å². The maximum atomic E-state index is 12.8. The van der Waals surface area contributed by atoms with Crippen LogP contribution in [-0.2, 0) is 26.0 Å². The Balaban J connectivity index is 1.26. The average Bonchev–Trinajstić information content (AvgIpc) is 3.42. The zero-order chi connectivity index (χ0) is 21.1. The van der Waals surface area contributed by atoms with Gasteiger partial charge in [-0.3, -0.25) is 14.5 Å². The molecular weight excluding hydrogens is 424 g/mol. The van der Waals surface area contributed by atoms with Crippen molar-refractivity contribution in [2.45, 2.75) is 48.8 Å². The van der Waals surface area contributed by atoms with Gasteiger partial charge in [0.2, 0.25) is 11.8 Å². The monoisotopic (exact) mass is 454 g/mol. The molecule has 4 rings (SSSR count). The summed E-state index contributed by atoms with van der Waals surface area (Å²) in [6.45, 7) is 4.11. The minimum absolute atomic E-state index is 0.0147. The highest BCUT2D eigenvalue weighted by Gasteiger charge is 2.29. The van der Waals surface area contributed by atoms with E-state index >= 15 is 0 Å². The Labute approximate surface area is 182 Å². The van der Waals surface area contributed by atoms with Crippen molar-refractivity contribution in [2.75, 3.05) is 45.8 Å². The van der Waals surface area contributed by atoms with Crippen molar-refractivity contribution in [3.8, 4) is 0 Å². The van der Waals surface area contributed by atoms with Gasteiger partial charge in [-0.1, -0.05) is 6.42 Å². The van der Waals surface area contributed by atoms with E-state index in [2.05, 4.69) is 10.2 Å². The molecule has 166 valence electrons. The third-order valence-electron chi connectivity index (χ3n) is 5.91. The summed E-state index contributed by atoms with van der Waals surface area (Å²) in [5.74, 6) is 0.0826. The predicted octanol–water partition coefficient (Wildman–Crippen LogP) is 0.888. The molecule has 0 aromatic carbocycles. The number of piperazine rings is 1. The van der Waals surface area contributed by atoms with Gasteiger partial charge in [-0.15, -0.1) is 11.3 Å². The summed E-state index contributed by atoms with van der Waals surface area (Å²) in [6.07, 6.45) is 5.28. The highest BCUT2D eigenvalue weighted by molar-refractivity contribution is 7.91. The fraction of sp³-hybridized carbons (Fsp3) is 0.700. The van der Waals surface area contributed by atoms with Crippen LogP contribution >= 0.6 is 11.3 Å². The molecule has 2 amide bonds. The molecule has 2 aliphatic heterocycles. The fourth-order valence-corrected chi connectivity index (χ4v) is 6.96. The molecule has 0 unspecified atom stereocenters. The Kier molecular flexibility index (Phi) is 6.76. The van der Waals surface area contributed by atoms with Crippen molar-refractivity contribution in [3.63, 3.8) is 0 Å². The lowest BCUT2D eigenvalue weighted by atomic mass is 10.2. The molecule has 0 atom stereocenters. The molecule has 0 spiro atoms. The number of carbonyl (C=O) groups excluding carboxylic acids is 2. The van der Waals surface area contributed by atoms with E-state index in [4.69, 9.17) is 0 Å². The second-order valence-corrected chi connectivity index (χ2v) is 11.7. The Hall–Kier alpha value is -1.49. The van der Waals surface area contributed by atoms with E-state index in [1.165, 1.54) is 11.3 Å². The number of rotatable bonds is 7. The Morgan fingerprint density at radius 2 is 1.70 bits per heavy atom. The maximum Gasteiger partial charge on any atom is 0.252 e. The summed E-state index contributed by atoms with van der Waals surface area (Å²) in [4.78, 5) is 29.3. The molecule has 1 aromatic rings. The molecule has 8 nitrogen and oxygen atoms in total. The number of hydrogen-bond acceptors (Lipinski definition) is 6. The van der Waals surface area contributed by atoms with Gasteiger partial charge in [0.05, 0.1) is 13.0 Å². The first kappa shape index (κ1) is 21.7. The SMILES string of the molecule is O=C(CN1CCN(C(=O)Cc2ccc(S(=O)(=O)N3CCCCC3)s2)CC1)NC1CC1. The largest absolute Gasteiger partial charge is 0.352 e. The first-order valence-corrected chi connectivity index (χ1v) is 13.1. The summed E-state index contributed by atoms with van der Waals surface area (Å²) in [5.41, 5.74) is 0. The van der Waals surface area contributed by atoms with Crippen LogP contribution in [0.15, 0.2) is 16.3 Å². The van der Waals surface area contributed by atoms with E-state index in [9.17, 15) is 18.0 Å². The van der Waals surface area contributed by atoms with E-state index in [0.717, 1.165) is 37.0 Å². The van der Waals surface area contributed by atoms with Crippen LogP contribution < -0.4 is 5.32 Å². The lowest BCUT2D eigenvalue weighted by Gasteiger charge is -2.34. The average molecular weight is 455 g/mol. The molecule has 1 aromatic heterocycles. The van der Waals surface area contributed by atoms with E-state index < -0.39 is 10.0 Å². The maximum absolute atomic E-state index is 12.8. The zero-order valence-electron chi connectivity index (χ0n) is 17.2. The summed E-state index contributed by atoms with van der Waals surface area (Å²) in [6, 6.07) is 3.76. The third-order valence-corrected chi connectivity index (χ3v) is 9.36. The number of carbonyl (C=O) groups is 2. The van der Waals surface area contributed by atoms with Gasteiger partial charge in [-0.05, 0) is 37.8 Å². The van der Waals surface area contributed by atoms with Crippen LogP contribution in [0, 0.1) is 0 Å². The molecule has 30 heavy (non-hydrogen) atoms. The quantitative estimate of drug-likeness (QED) is 0.661. The molecule has 1 aliphatic carbocycles. The van der Waals surface area contributed by atoms with Crippen molar-refractivity contribution >= 4 is 33.2 Å². The topological polar surface area (TPSA) is 90.0 Å². The van der Waals surface area contributed by atoms with Crippen molar-refractivity contribution in [3.05, 3.63) is 17.0 Å². The molecule has 3 aliphatic rings. The lowest BCUT2D eigenvalue weighted by Crippen LogP contribution is -2.51. The van der Waals surface area contributed by atoms with E-state index in [1.807, 2.05) is 4.90 Å². The van der Waals surface area contributed by atoms with Crippen molar-refractivity contribution < 1.29 is 18.0 Å². The molecule has 3 heterocycles. The summed E-state index contributed by atoms with van der Waals surface area (Å²) < 4.78 is 27.5. The van der Waals surface area contributed by atoms with Crippen LogP contribution in [-0.4, -0.2) is 86.2 Å². The molecular formula is C20H30N4O4S2. The number of piperidine rings is 1. The fourth-order valence-electron chi connectivity index (χ4n) is 3.94. The van der Waals surface area contributed by atoms with Gasteiger partial charge in [0.1, 0.15) is 4.21 Å². The van der Waals surface area contributed by atoms with Gasteiger partial charge in [-0.2, -0.15) is 4.31 Å². The molecule has 1 N–H and O–H groups in total. The molecule has 3 fully saturated rings. The van der Waals surface area contributed by atoms with E-state index in [1.54, 1.807) is 16.4 Å². The van der Waals surface area contributed by atoms with Gasteiger partial charge in [0, 0.05) is 50.2 Å². The minimum Gasteiger partial charge on any atom is -0.352 e. The number of nitrogens with zero attached hydrogens (tertiary/aromatic N) is 3. The zero-order valence-corrected chi connectivity index (χ0v) is 18.8. The third kappa shape index (κ3) is 5.40. The van der Waals surface area contributed by atoms with Crippen molar-refractivity contribution in [1.82, 2.24) is 19.4 Å². The number of thiophene rings is 1. The van der Waals surface area contributed by atoms with Gasteiger partial charge < -0.3 is 10.2 Å². The number of amides is 2. The van der Waals surface area contributed by atoms with Crippen LogP contribution in [0.4, 0.5) is 0 Å². The second-order valence-electron chi connectivity index (χ2n) is 8.36. The first-order chi connectivity index (χ1) is 14.4. The Bertz CT molecular complexity index is 867. The van der Waals surface area contributed by atoms with Crippen LogP contribution in [0.1, 0.15) is 37.0 Å². The Morgan fingerprint density at radius 1 is 1.00 bits per heavy atom. The normalized spacial score (nSPS) is 21.5. The highest BCUT2D eigenvalue weighted by Crippen LogP contribution is 2.27. The number of nitrogens with one attached hydrogen (secondary N) is 1. The van der Waals surface area contributed by atoms with Gasteiger partial charge in [0.15, 0.2) is 0 Å². The van der Waals surface area contributed by atoms with Crippen molar-refractivity contribution in [2.24, 2.45) is 0 Å². The first-order valence-electron chi connectivity index (χ1n) is 10.8. The standard InChI is InChI=1S/C20H30N4O4S2/c25-18(21-16-4-5-16)15-22-10-12-23(13-11-22)19(26)14-17-6-7-20(29-17)30(27,28)24-8-2-1-3-9-24/h6-7,16H,1-5,8-15H2,(H,21,25). The van der Waals surface area contributed by atoms with Gasteiger partial charge in [0.25, 0.3) is 10.0 Å². The molecule has 0 radical (unpaired) electrons. The number of hydrogen-bond donors (Lipinski definition) is 1. The second kappa shape index (κ2) is 9.33. The summed E-state index contributed by atoms with van der Waals surface area (Å²) in [5, 5.41) is 2.99. The molecule has 1 saturated carbocycles. The molecule has 0 bridgehead atoms. The minimum atomic E-state index is -3.44. The molecule has 2 saturated heterocycles. The highest BCUT2D eigenvalue weighted by atomic mass is 32.2. The lowest BCUT2D eigenvalue weighted by molar-refractivity contribution is -0.132. The Morgan fingerprint density at radius 3 is 2.37 bits per heavy atom.